The van der Waals surface area contributed by atoms with Crippen molar-refractivity contribution in [2.45, 2.75) is 25.7 Å². The third-order valence-electron chi connectivity index (χ3n) is 4.06. The van der Waals surface area contributed by atoms with Gasteiger partial charge in [0.2, 0.25) is 5.91 Å². The molecule has 0 radical (unpaired) electrons. The molecule has 1 saturated heterocycles. The molecule has 1 aliphatic heterocycles. The minimum Gasteiger partial charge on any atom is -0.350 e. The molecule has 0 unspecified atom stereocenters. The maximum absolute atomic E-state index is 12.3. The van der Waals surface area contributed by atoms with Crippen LogP contribution in [0.1, 0.15) is 36.0 Å². The van der Waals surface area contributed by atoms with Gasteiger partial charge in [-0.3, -0.25) is 9.59 Å². The zero-order valence-electron chi connectivity index (χ0n) is 13.4. The highest BCUT2D eigenvalue weighted by Crippen LogP contribution is 2.11. The minimum atomic E-state index is -0.174. The Hall–Kier alpha value is -2.77. The van der Waals surface area contributed by atoms with Gasteiger partial charge in [0.1, 0.15) is 6.33 Å². The fourth-order valence-electron chi connectivity index (χ4n) is 2.75. The van der Waals surface area contributed by atoms with Crippen LogP contribution >= 0.6 is 0 Å². The zero-order chi connectivity index (χ0) is 16.8. The van der Waals surface area contributed by atoms with Crippen LogP contribution in [0.4, 0.5) is 0 Å². The van der Waals surface area contributed by atoms with Crippen molar-refractivity contribution in [3.8, 4) is 5.69 Å². The normalized spacial score (nSPS) is 15.2. The average Bonchev–Trinajstić information content (AvgIpc) is 3.07. The van der Waals surface area contributed by atoms with Gasteiger partial charge in [0.05, 0.1) is 5.69 Å². The standard InChI is InChI=1S/C16H20N6O2/c23-15-7-2-1-3-9-21(15)10-8-17-16(24)13-5-4-6-14(11-13)22-12-18-19-20-22/h4-6,11-12H,1-3,7-10H2,(H,17,24). The molecule has 126 valence electrons. The van der Waals surface area contributed by atoms with Gasteiger partial charge in [-0.2, -0.15) is 0 Å². The van der Waals surface area contributed by atoms with Crippen LogP contribution in [0.2, 0.25) is 0 Å². The Kier molecular flexibility index (Phi) is 5.15. The van der Waals surface area contributed by atoms with Gasteiger partial charge in [-0.05, 0) is 41.5 Å². The fourth-order valence-corrected chi connectivity index (χ4v) is 2.75. The molecule has 24 heavy (non-hydrogen) atoms. The minimum absolute atomic E-state index is 0.174. The van der Waals surface area contributed by atoms with Crippen molar-refractivity contribution in [3.05, 3.63) is 36.2 Å². The van der Waals surface area contributed by atoms with E-state index in [4.69, 9.17) is 0 Å². The van der Waals surface area contributed by atoms with Crippen molar-refractivity contribution in [2.75, 3.05) is 19.6 Å². The van der Waals surface area contributed by atoms with Crippen LogP contribution in [-0.4, -0.2) is 56.6 Å². The maximum atomic E-state index is 12.3. The number of carbonyl (C=O) groups is 2. The van der Waals surface area contributed by atoms with Crippen LogP contribution in [-0.2, 0) is 4.79 Å². The van der Waals surface area contributed by atoms with E-state index in [-0.39, 0.29) is 11.8 Å². The molecule has 0 saturated carbocycles. The molecule has 0 atom stereocenters. The van der Waals surface area contributed by atoms with Crippen molar-refractivity contribution >= 4 is 11.8 Å². The molecule has 1 aromatic carbocycles. The summed E-state index contributed by atoms with van der Waals surface area (Å²) in [7, 11) is 0. The number of aromatic nitrogens is 4. The van der Waals surface area contributed by atoms with E-state index in [9.17, 15) is 9.59 Å². The number of nitrogens with zero attached hydrogens (tertiary/aromatic N) is 5. The molecule has 0 bridgehead atoms. The first kappa shape index (κ1) is 16.1. The molecule has 8 heteroatoms. The van der Waals surface area contributed by atoms with Crippen LogP contribution in [0.15, 0.2) is 30.6 Å². The lowest BCUT2D eigenvalue weighted by Gasteiger charge is -2.20. The third-order valence-corrected chi connectivity index (χ3v) is 4.06. The van der Waals surface area contributed by atoms with Crippen LogP contribution in [0.5, 0.6) is 0 Å². The maximum Gasteiger partial charge on any atom is 0.251 e. The Morgan fingerprint density at radius 1 is 1.25 bits per heavy atom. The number of nitrogens with one attached hydrogen (secondary N) is 1. The molecule has 8 nitrogen and oxygen atoms in total. The van der Waals surface area contributed by atoms with Crippen LogP contribution in [0.25, 0.3) is 5.69 Å². The quantitative estimate of drug-likeness (QED) is 0.876. The van der Waals surface area contributed by atoms with Crippen molar-refractivity contribution in [1.82, 2.24) is 30.4 Å². The van der Waals surface area contributed by atoms with Crippen LogP contribution in [0.3, 0.4) is 0 Å². The van der Waals surface area contributed by atoms with E-state index in [0.29, 0.717) is 25.1 Å². The molecule has 1 fully saturated rings. The van der Waals surface area contributed by atoms with E-state index < -0.39 is 0 Å². The molecule has 1 N–H and O–H groups in total. The van der Waals surface area contributed by atoms with E-state index in [1.807, 2.05) is 11.0 Å². The highest BCUT2D eigenvalue weighted by Gasteiger charge is 2.16. The highest BCUT2D eigenvalue weighted by molar-refractivity contribution is 5.94. The number of carbonyl (C=O) groups excluding carboxylic acids is 2. The molecule has 1 aromatic heterocycles. The first-order valence-electron chi connectivity index (χ1n) is 8.13. The van der Waals surface area contributed by atoms with Crippen molar-refractivity contribution in [3.63, 3.8) is 0 Å². The molecule has 2 amide bonds. The molecule has 2 heterocycles. The third kappa shape index (κ3) is 3.95. The molecule has 1 aliphatic rings. The average molecular weight is 328 g/mol. The number of amides is 2. The van der Waals surface area contributed by atoms with Gasteiger partial charge < -0.3 is 10.2 Å². The largest absolute Gasteiger partial charge is 0.350 e. The van der Waals surface area contributed by atoms with Crippen LogP contribution in [0, 0.1) is 0 Å². The van der Waals surface area contributed by atoms with Gasteiger partial charge >= 0.3 is 0 Å². The van der Waals surface area contributed by atoms with Gasteiger partial charge in [0, 0.05) is 31.6 Å². The summed E-state index contributed by atoms with van der Waals surface area (Å²) < 4.78 is 1.49. The Morgan fingerprint density at radius 3 is 3.00 bits per heavy atom. The monoisotopic (exact) mass is 328 g/mol. The second kappa shape index (κ2) is 7.67. The van der Waals surface area contributed by atoms with E-state index in [2.05, 4.69) is 20.8 Å². The molecular formula is C16H20N6O2. The predicted octanol–water partition coefficient (Wildman–Crippen LogP) is 0.795. The van der Waals surface area contributed by atoms with Gasteiger partial charge in [-0.25, -0.2) is 4.68 Å². The summed E-state index contributed by atoms with van der Waals surface area (Å²) >= 11 is 0. The zero-order valence-corrected chi connectivity index (χ0v) is 13.4. The van der Waals surface area contributed by atoms with E-state index in [1.165, 1.54) is 11.0 Å². The second-order valence-corrected chi connectivity index (χ2v) is 5.75. The first-order chi connectivity index (χ1) is 11.7. The number of tetrazole rings is 1. The number of rotatable bonds is 5. The Balaban J connectivity index is 1.55. The molecule has 0 spiro atoms. The first-order valence-corrected chi connectivity index (χ1v) is 8.13. The van der Waals surface area contributed by atoms with Crippen molar-refractivity contribution in [2.24, 2.45) is 0 Å². The van der Waals surface area contributed by atoms with Crippen molar-refractivity contribution in [1.29, 1.82) is 0 Å². The number of benzene rings is 1. The van der Waals surface area contributed by atoms with Crippen LogP contribution < -0.4 is 5.32 Å². The lowest BCUT2D eigenvalue weighted by Crippen LogP contribution is -2.38. The summed E-state index contributed by atoms with van der Waals surface area (Å²) in [5.41, 5.74) is 1.25. The molecular weight excluding hydrogens is 308 g/mol. The summed E-state index contributed by atoms with van der Waals surface area (Å²) in [4.78, 5) is 26.0. The van der Waals surface area contributed by atoms with Gasteiger partial charge in [0.15, 0.2) is 0 Å². The summed E-state index contributed by atoms with van der Waals surface area (Å²) in [5, 5.41) is 13.8. The van der Waals surface area contributed by atoms with E-state index in [0.717, 1.165) is 31.5 Å². The van der Waals surface area contributed by atoms with Gasteiger partial charge in [-0.15, -0.1) is 5.10 Å². The second-order valence-electron chi connectivity index (χ2n) is 5.75. The highest BCUT2D eigenvalue weighted by atomic mass is 16.2. The summed E-state index contributed by atoms with van der Waals surface area (Å²) in [6.45, 7) is 1.78. The molecule has 2 aromatic rings. The molecule has 3 rings (SSSR count). The summed E-state index contributed by atoms with van der Waals surface area (Å²) in [5.74, 6) is 0.00891. The Bertz CT molecular complexity index is 700. The van der Waals surface area contributed by atoms with Gasteiger partial charge in [-0.1, -0.05) is 12.5 Å². The smallest absolute Gasteiger partial charge is 0.251 e. The topological polar surface area (TPSA) is 93.0 Å². The van der Waals surface area contributed by atoms with E-state index >= 15 is 0 Å². The number of likely N-dealkylation sites (tertiary alicyclic amines) is 1. The summed E-state index contributed by atoms with van der Waals surface area (Å²) in [6, 6.07) is 7.07. The fraction of sp³-hybridized carbons (Fsp3) is 0.438. The SMILES string of the molecule is O=C(NCCN1CCCCCC1=O)c1cccc(-n2cnnn2)c1. The Morgan fingerprint density at radius 2 is 2.17 bits per heavy atom. The Labute approximate surface area is 139 Å². The number of hydrogen-bond donors (Lipinski definition) is 1. The van der Waals surface area contributed by atoms with E-state index in [1.54, 1.807) is 18.2 Å². The molecule has 0 aliphatic carbocycles. The predicted molar refractivity (Wildman–Crippen MR) is 86.5 cm³/mol. The van der Waals surface area contributed by atoms with Crippen molar-refractivity contribution < 1.29 is 9.59 Å². The number of hydrogen-bond acceptors (Lipinski definition) is 5. The lowest BCUT2D eigenvalue weighted by molar-refractivity contribution is -0.130. The lowest BCUT2D eigenvalue weighted by atomic mass is 10.2. The summed E-state index contributed by atoms with van der Waals surface area (Å²) in [6.07, 6.45) is 5.18. The van der Waals surface area contributed by atoms with Gasteiger partial charge in [0.25, 0.3) is 5.91 Å².